The van der Waals surface area contributed by atoms with Crippen LogP contribution in [-0.2, 0) is 5.75 Å². The molecule has 18 heavy (non-hydrogen) atoms. The molecule has 1 atom stereocenters. The van der Waals surface area contributed by atoms with Crippen molar-refractivity contribution >= 4 is 44.2 Å². The van der Waals surface area contributed by atoms with Crippen molar-refractivity contribution in [2.45, 2.75) is 18.7 Å². The summed E-state index contributed by atoms with van der Waals surface area (Å²) in [5, 5.41) is 1.87. The van der Waals surface area contributed by atoms with Gasteiger partial charge >= 0.3 is 0 Å². The topological polar surface area (TPSA) is 46.7 Å². The van der Waals surface area contributed by atoms with Gasteiger partial charge in [-0.05, 0) is 6.92 Å². The Balaban J connectivity index is 1.78. The molecular formula is C11H11N3OS3. The molecule has 0 saturated heterocycles. The van der Waals surface area contributed by atoms with E-state index in [9.17, 15) is 4.79 Å². The average Bonchev–Trinajstić information content (AvgIpc) is 2.95. The summed E-state index contributed by atoms with van der Waals surface area (Å²) in [6.07, 6.45) is 1.75. The Labute approximate surface area is 117 Å². The standard InChI is InChI=1S/C11H11N3OS3/c1-7-5-17-11(12-7)18-6-8-4-9(15)14-2-3-16-10(14)13-8/h2-4,7H,5-6H2,1H3. The van der Waals surface area contributed by atoms with E-state index in [4.69, 9.17) is 0 Å². The van der Waals surface area contributed by atoms with Crippen molar-refractivity contribution < 1.29 is 0 Å². The molecule has 2 aromatic heterocycles. The number of rotatable bonds is 2. The van der Waals surface area contributed by atoms with Crippen molar-refractivity contribution in [2.24, 2.45) is 4.99 Å². The molecule has 2 aromatic rings. The normalized spacial score (nSPS) is 19.4. The highest BCUT2D eigenvalue weighted by Gasteiger charge is 2.14. The third-order valence-corrected chi connectivity index (χ3v) is 5.73. The van der Waals surface area contributed by atoms with Gasteiger partial charge in [0, 0.05) is 29.1 Å². The number of hydrogen-bond acceptors (Lipinski definition) is 6. The van der Waals surface area contributed by atoms with Crippen LogP contribution >= 0.6 is 34.9 Å². The molecule has 0 radical (unpaired) electrons. The predicted octanol–water partition coefficient (Wildman–Crippen LogP) is 2.48. The molecule has 0 saturated carbocycles. The van der Waals surface area contributed by atoms with Crippen LogP contribution in [0, 0.1) is 0 Å². The number of hydrogen-bond donors (Lipinski definition) is 0. The lowest BCUT2D eigenvalue weighted by Gasteiger charge is -2.00. The van der Waals surface area contributed by atoms with Gasteiger partial charge in [-0.15, -0.1) is 11.3 Å². The number of fused-ring (bicyclic) bond motifs is 1. The Morgan fingerprint density at radius 2 is 2.50 bits per heavy atom. The van der Waals surface area contributed by atoms with E-state index in [2.05, 4.69) is 16.9 Å². The summed E-state index contributed by atoms with van der Waals surface area (Å²) in [6, 6.07) is 2.02. The number of aliphatic imine (C=N–C) groups is 1. The van der Waals surface area contributed by atoms with Crippen molar-refractivity contribution in [3.63, 3.8) is 0 Å². The SMILES string of the molecule is CC1CSC(SCc2cc(=O)n3ccsc3n2)=N1. The molecule has 0 amide bonds. The molecule has 0 bridgehead atoms. The van der Waals surface area contributed by atoms with E-state index < -0.39 is 0 Å². The fourth-order valence-corrected chi connectivity index (χ4v) is 4.46. The minimum absolute atomic E-state index is 0.00812. The minimum Gasteiger partial charge on any atom is -0.269 e. The van der Waals surface area contributed by atoms with Crippen LogP contribution in [0.3, 0.4) is 0 Å². The Kier molecular flexibility index (Phi) is 3.45. The Morgan fingerprint density at radius 3 is 3.28 bits per heavy atom. The molecule has 1 aliphatic heterocycles. The van der Waals surface area contributed by atoms with Crippen molar-refractivity contribution in [1.82, 2.24) is 9.38 Å². The van der Waals surface area contributed by atoms with Crippen LogP contribution in [0.25, 0.3) is 4.96 Å². The van der Waals surface area contributed by atoms with Gasteiger partial charge in [-0.25, -0.2) is 4.98 Å². The van der Waals surface area contributed by atoms with Crippen molar-refractivity contribution in [3.05, 3.63) is 33.7 Å². The Morgan fingerprint density at radius 1 is 1.61 bits per heavy atom. The van der Waals surface area contributed by atoms with Crippen LogP contribution in [0.1, 0.15) is 12.6 Å². The Hall–Kier alpha value is -0.790. The van der Waals surface area contributed by atoms with Gasteiger partial charge in [-0.2, -0.15) is 0 Å². The highest BCUT2D eigenvalue weighted by molar-refractivity contribution is 8.38. The molecule has 0 fully saturated rings. The van der Waals surface area contributed by atoms with E-state index in [0.717, 1.165) is 20.8 Å². The van der Waals surface area contributed by atoms with Crippen molar-refractivity contribution in [1.29, 1.82) is 0 Å². The quantitative estimate of drug-likeness (QED) is 0.854. The molecule has 3 rings (SSSR count). The zero-order chi connectivity index (χ0) is 12.5. The first-order valence-corrected chi connectivity index (χ1v) is 8.36. The molecule has 0 N–H and O–H groups in total. The summed E-state index contributed by atoms with van der Waals surface area (Å²) >= 11 is 4.93. The highest BCUT2D eigenvalue weighted by atomic mass is 32.2. The third-order valence-electron chi connectivity index (χ3n) is 2.47. The largest absolute Gasteiger partial charge is 0.269 e. The fraction of sp³-hybridized carbons (Fsp3) is 0.364. The smallest absolute Gasteiger partial charge is 0.258 e. The van der Waals surface area contributed by atoms with E-state index in [1.165, 1.54) is 11.3 Å². The molecule has 7 heteroatoms. The maximum absolute atomic E-state index is 11.8. The molecule has 1 unspecified atom stereocenters. The van der Waals surface area contributed by atoms with Gasteiger partial charge in [0.25, 0.3) is 5.56 Å². The maximum Gasteiger partial charge on any atom is 0.258 e. The van der Waals surface area contributed by atoms with Gasteiger partial charge in [0.15, 0.2) is 4.96 Å². The van der Waals surface area contributed by atoms with E-state index in [-0.39, 0.29) is 5.56 Å². The lowest BCUT2D eigenvalue weighted by molar-refractivity contribution is 0.867. The molecule has 4 nitrogen and oxygen atoms in total. The molecular weight excluding hydrogens is 286 g/mol. The third kappa shape index (κ3) is 2.48. The van der Waals surface area contributed by atoms with Crippen LogP contribution in [0.4, 0.5) is 0 Å². The summed E-state index contributed by atoms with van der Waals surface area (Å²) < 4.78 is 2.68. The van der Waals surface area contributed by atoms with Gasteiger partial charge < -0.3 is 0 Å². The summed E-state index contributed by atoms with van der Waals surface area (Å²) in [5.41, 5.74) is 0.821. The first kappa shape index (κ1) is 12.3. The zero-order valence-corrected chi connectivity index (χ0v) is 12.1. The predicted molar refractivity (Wildman–Crippen MR) is 80.0 cm³/mol. The van der Waals surface area contributed by atoms with Gasteiger partial charge in [-0.3, -0.25) is 14.2 Å². The minimum atomic E-state index is -0.00812. The zero-order valence-electron chi connectivity index (χ0n) is 9.70. The van der Waals surface area contributed by atoms with E-state index in [0.29, 0.717) is 11.8 Å². The van der Waals surface area contributed by atoms with E-state index in [1.54, 1.807) is 40.2 Å². The first-order chi connectivity index (χ1) is 8.72. The summed E-state index contributed by atoms with van der Waals surface area (Å²) in [5.74, 6) is 1.77. The number of thiazole rings is 1. The molecule has 3 heterocycles. The molecule has 94 valence electrons. The van der Waals surface area contributed by atoms with E-state index in [1.807, 2.05) is 5.38 Å². The van der Waals surface area contributed by atoms with Crippen LogP contribution < -0.4 is 5.56 Å². The molecule has 0 spiro atoms. The number of thioether (sulfide) groups is 2. The second kappa shape index (κ2) is 5.07. The van der Waals surface area contributed by atoms with E-state index >= 15 is 0 Å². The van der Waals surface area contributed by atoms with Crippen LogP contribution in [0.2, 0.25) is 0 Å². The second-order valence-electron chi connectivity index (χ2n) is 3.99. The second-order valence-corrected chi connectivity index (χ2v) is 7.09. The number of nitrogens with zero attached hydrogens (tertiary/aromatic N) is 3. The van der Waals surface area contributed by atoms with Gasteiger partial charge in [0.05, 0.1) is 11.7 Å². The van der Waals surface area contributed by atoms with Gasteiger partial charge in [0.2, 0.25) is 0 Å². The van der Waals surface area contributed by atoms with Crippen molar-refractivity contribution in [2.75, 3.05) is 5.75 Å². The maximum atomic E-state index is 11.8. The highest BCUT2D eigenvalue weighted by Crippen LogP contribution is 2.27. The van der Waals surface area contributed by atoms with Crippen LogP contribution in [0.5, 0.6) is 0 Å². The monoisotopic (exact) mass is 297 g/mol. The summed E-state index contributed by atoms with van der Waals surface area (Å²) in [6.45, 7) is 2.11. The average molecular weight is 297 g/mol. The molecule has 1 aliphatic rings. The number of aromatic nitrogens is 2. The lowest BCUT2D eigenvalue weighted by Crippen LogP contribution is -2.12. The van der Waals surface area contributed by atoms with Crippen LogP contribution in [-0.4, -0.2) is 25.6 Å². The van der Waals surface area contributed by atoms with Crippen LogP contribution in [0.15, 0.2) is 27.4 Å². The molecule has 0 aliphatic carbocycles. The first-order valence-electron chi connectivity index (χ1n) is 5.51. The summed E-state index contributed by atoms with van der Waals surface area (Å²) in [7, 11) is 0. The molecule has 0 aromatic carbocycles. The van der Waals surface area contributed by atoms with Gasteiger partial charge in [-0.1, -0.05) is 23.5 Å². The lowest BCUT2D eigenvalue weighted by atomic mass is 10.4. The van der Waals surface area contributed by atoms with Crippen molar-refractivity contribution in [3.8, 4) is 0 Å². The van der Waals surface area contributed by atoms with Gasteiger partial charge in [0.1, 0.15) is 4.38 Å². The fourth-order valence-electron chi connectivity index (χ4n) is 1.62. The Bertz CT molecular complexity index is 661. The summed E-state index contributed by atoms with van der Waals surface area (Å²) in [4.78, 5) is 21.5.